The van der Waals surface area contributed by atoms with E-state index in [2.05, 4.69) is 19.9 Å². The third-order valence-corrected chi connectivity index (χ3v) is 7.77. The fraction of sp³-hybridized carbons (Fsp3) is 0.842. The van der Waals surface area contributed by atoms with E-state index in [1.807, 2.05) is 0 Å². The number of hydrogen-bond donors (Lipinski definition) is 1. The Hall–Kier alpha value is -0.630. The molecule has 3 unspecified atom stereocenters. The summed E-state index contributed by atoms with van der Waals surface area (Å²) in [5.41, 5.74) is 1.51. The van der Waals surface area contributed by atoms with Gasteiger partial charge in [0.15, 0.2) is 0 Å². The lowest BCUT2D eigenvalue weighted by Gasteiger charge is -2.57. The first-order valence-corrected chi connectivity index (χ1v) is 8.89. The molecular formula is C19H28O2. The SMILES string of the molecule is C[C@]12CCC[C@@H](O)C1=CCC1C2CC[C@]2(C)C(=O)CCC12. The number of allylic oxidation sites excluding steroid dienone is 1. The Morgan fingerprint density at radius 3 is 2.67 bits per heavy atom. The second kappa shape index (κ2) is 4.44. The summed E-state index contributed by atoms with van der Waals surface area (Å²) in [7, 11) is 0. The van der Waals surface area contributed by atoms with E-state index < -0.39 is 0 Å². The Balaban J connectivity index is 1.72. The van der Waals surface area contributed by atoms with Crippen LogP contribution in [0, 0.1) is 28.6 Å². The van der Waals surface area contributed by atoms with Gasteiger partial charge in [0.1, 0.15) is 5.78 Å². The molecule has 1 N–H and O–H groups in total. The van der Waals surface area contributed by atoms with Gasteiger partial charge in [0, 0.05) is 11.8 Å². The van der Waals surface area contributed by atoms with Crippen molar-refractivity contribution in [2.45, 2.75) is 71.3 Å². The first kappa shape index (κ1) is 14.0. The monoisotopic (exact) mass is 288 g/mol. The zero-order valence-corrected chi connectivity index (χ0v) is 13.4. The molecule has 3 saturated carbocycles. The molecule has 0 saturated heterocycles. The Morgan fingerprint density at radius 1 is 1.10 bits per heavy atom. The second-order valence-corrected chi connectivity index (χ2v) is 8.52. The number of hydrogen-bond acceptors (Lipinski definition) is 2. The van der Waals surface area contributed by atoms with Gasteiger partial charge in [0.25, 0.3) is 0 Å². The maximum atomic E-state index is 12.4. The quantitative estimate of drug-likeness (QED) is 0.687. The first-order chi connectivity index (χ1) is 9.97. The highest BCUT2D eigenvalue weighted by Gasteiger charge is 2.58. The highest BCUT2D eigenvalue weighted by molar-refractivity contribution is 5.87. The fourth-order valence-electron chi connectivity index (χ4n) is 6.55. The normalized spacial score (nSPS) is 52.7. The lowest BCUT2D eigenvalue weighted by atomic mass is 9.48. The number of Topliss-reactive ketones (excluding diaryl/α,β-unsaturated/α-hetero) is 1. The fourth-order valence-corrected chi connectivity index (χ4v) is 6.55. The molecule has 0 spiro atoms. The Kier molecular flexibility index (Phi) is 2.96. The van der Waals surface area contributed by atoms with E-state index in [1.54, 1.807) is 0 Å². The zero-order valence-electron chi connectivity index (χ0n) is 13.4. The lowest BCUT2D eigenvalue weighted by molar-refractivity contribution is -0.132. The Bertz CT molecular complexity index is 508. The van der Waals surface area contributed by atoms with Crippen molar-refractivity contribution in [3.8, 4) is 0 Å². The summed E-state index contributed by atoms with van der Waals surface area (Å²) in [6, 6.07) is 0. The summed E-state index contributed by atoms with van der Waals surface area (Å²) in [5, 5.41) is 10.4. The van der Waals surface area contributed by atoms with Crippen molar-refractivity contribution in [3.63, 3.8) is 0 Å². The van der Waals surface area contributed by atoms with Crippen molar-refractivity contribution in [1.82, 2.24) is 0 Å². The summed E-state index contributed by atoms with van der Waals surface area (Å²) in [4.78, 5) is 12.4. The molecule has 0 amide bonds. The molecule has 2 nitrogen and oxygen atoms in total. The molecule has 0 aliphatic heterocycles. The van der Waals surface area contributed by atoms with Crippen LogP contribution < -0.4 is 0 Å². The van der Waals surface area contributed by atoms with Crippen LogP contribution in [-0.4, -0.2) is 17.0 Å². The van der Waals surface area contributed by atoms with Gasteiger partial charge < -0.3 is 5.11 Å². The average molecular weight is 288 g/mol. The van der Waals surface area contributed by atoms with E-state index in [0.29, 0.717) is 23.5 Å². The van der Waals surface area contributed by atoms with Gasteiger partial charge in [0.05, 0.1) is 6.10 Å². The van der Waals surface area contributed by atoms with E-state index in [-0.39, 0.29) is 16.9 Å². The molecule has 0 aromatic carbocycles. The van der Waals surface area contributed by atoms with Crippen LogP contribution in [0.2, 0.25) is 0 Å². The third kappa shape index (κ3) is 1.72. The molecule has 0 aromatic rings. The van der Waals surface area contributed by atoms with Crippen LogP contribution in [0.3, 0.4) is 0 Å². The van der Waals surface area contributed by atoms with Gasteiger partial charge in [-0.15, -0.1) is 0 Å². The maximum Gasteiger partial charge on any atom is 0.139 e. The molecular weight excluding hydrogens is 260 g/mol. The van der Waals surface area contributed by atoms with Crippen LogP contribution in [0.5, 0.6) is 0 Å². The van der Waals surface area contributed by atoms with Crippen molar-refractivity contribution in [2.75, 3.05) is 0 Å². The van der Waals surface area contributed by atoms with Gasteiger partial charge in [0.2, 0.25) is 0 Å². The van der Waals surface area contributed by atoms with Crippen LogP contribution >= 0.6 is 0 Å². The van der Waals surface area contributed by atoms with Gasteiger partial charge in [-0.3, -0.25) is 4.79 Å². The summed E-state index contributed by atoms with van der Waals surface area (Å²) in [6.07, 6.45) is 10.8. The maximum absolute atomic E-state index is 12.4. The molecule has 6 atom stereocenters. The largest absolute Gasteiger partial charge is 0.389 e. The van der Waals surface area contributed by atoms with E-state index >= 15 is 0 Å². The van der Waals surface area contributed by atoms with Crippen LogP contribution in [-0.2, 0) is 4.79 Å². The topological polar surface area (TPSA) is 37.3 Å². The van der Waals surface area contributed by atoms with Crippen LogP contribution in [0.1, 0.15) is 65.2 Å². The van der Waals surface area contributed by atoms with E-state index in [4.69, 9.17) is 0 Å². The van der Waals surface area contributed by atoms with Crippen LogP contribution in [0.15, 0.2) is 11.6 Å². The summed E-state index contributed by atoms with van der Waals surface area (Å²) >= 11 is 0. The Morgan fingerprint density at radius 2 is 1.86 bits per heavy atom. The summed E-state index contributed by atoms with van der Waals surface area (Å²) in [5.74, 6) is 2.48. The molecule has 0 radical (unpaired) electrons. The molecule has 3 fully saturated rings. The standard InChI is InChI=1S/C19H28O2/c1-18-10-3-4-16(20)15(18)6-5-12-13-7-8-17(21)19(13,2)11-9-14(12)18/h6,12-14,16,20H,3-5,7-11H2,1-2H3/t12?,13?,14?,16-,18-,19+/m1/s1. The van der Waals surface area contributed by atoms with Gasteiger partial charge in [-0.25, -0.2) is 0 Å². The van der Waals surface area contributed by atoms with Gasteiger partial charge >= 0.3 is 0 Å². The first-order valence-electron chi connectivity index (χ1n) is 8.89. The Labute approximate surface area is 128 Å². The van der Waals surface area contributed by atoms with Crippen molar-refractivity contribution >= 4 is 5.78 Å². The van der Waals surface area contributed by atoms with Crippen molar-refractivity contribution < 1.29 is 9.90 Å². The number of rotatable bonds is 0. The van der Waals surface area contributed by atoms with Crippen molar-refractivity contribution in [1.29, 1.82) is 0 Å². The highest BCUT2D eigenvalue weighted by atomic mass is 16.3. The molecule has 21 heavy (non-hydrogen) atoms. The minimum atomic E-state index is -0.205. The molecule has 4 aliphatic carbocycles. The average Bonchev–Trinajstić information content (AvgIpc) is 2.75. The van der Waals surface area contributed by atoms with Crippen LogP contribution in [0.4, 0.5) is 0 Å². The number of aliphatic hydroxyl groups excluding tert-OH is 1. The lowest BCUT2D eigenvalue weighted by Crippen LogP contribution is -2.51. The van der Waals surface area contributed by atoms with Gasteiger partial charge in [-0.1, -0.05) is 19.9 Å². The van der Waals surface area contributed by atoms with Crippen molar-refractivity contribution in [2.24, 2.45) is 28.6 Å². The van der Waals surface area contributed by atoms with Crippen molar-refractivity contribution in [3.05, 3.63) is 11.6 Å². The van der Waals surface area contributed by atoms with Gasteiger partial charge in [-0.05, 0) is 73.7 Å². The predicted octanol–water partition coefficient (Wildman–Crippen LogP) is 3.88. The number of aliphatic hydroxyl groups is 1. The number of fused-ring (bicyclic) bond motifs is 5. The molecule has 4 rings (SSSR count). The summed E-state index contributed by atoms with van der Waals surface area (Å²) in [6.45, 7) is 4.64. The zero-order chi connectivity index (χ0) is 14.8. The van der Waals surface area contributed by atoms with E-state index in [9.17, 15) is 9.90 Å². The predicted molar refractivity (Wildman–Crippen MR) is 82.7 cm³/mol. The highest BCUT2D eigenvalue weighted by Crippen LogP contribution is 2.63. The minimum absolute atomic E-state index is 0.0316. The molecule has 4 aliphatic rings. The molecule has 2 heteroatoms. The molecule has 0 heterocycles. The second-order valence-electron chi connectivity index (χ2n) is 8.52. The van der Waals surface area contributed by atoms with E-state index in [0.717, 1.165) is 38.5 Å². The van der Waals surface area contributed by atoms with Gasteiger partial charge in [-0.2, -0.15) is 0 Å². The minimum Gasteiger partial charge on any atom is -0.389 e. The number of carbonyl (C=O) groups is 1. The van der Waals surface area contributed by atoms with E-state index in [1.165, 1.54) is 18.4 Å². The van der Waals surface area contributed by atoms with Crippen LogP contribution in [0.25, 0.3) is 0 Å². The number of carbonyl (C=O) groups excluding carboxylic acids is 1. The molecule has 116 valence electrons. The smallest absolute Gasteiger partial charge is 0.139 e. The molecule has 0 bridgehead atoms. The third-order valence-electron chi connectivity index (χ3n) is 7.77. The number of ketones is 1. The molecule has 0 aromatic heterocycles. The summed E-state index contributed by atoms with van der Waals surface area (Å²) < 4.78 is 0.